The molecule has 4 aromatic carbocycles. The highest BCUT2D eigenvalue weighted by molar-refractivity contribution is 6.30. The third-order valence-electron chi connectivity index (χ3n) is 5.53. The van der Waals surface area contributed by atoms with Crippen molar-refractivity contribution >= 4 is 39.1 Å². The van der Waals surface area contributed by atoms with Gasteiger partial charge in [-0.1, -0.05) is 23.7 Å². The zero-order valence-electron chi connectivity index (χ0n) is 17.2. The van der Waals surface area contributed by atoms with Gasteiger partial charge in [-0.2, -0.15) is 0 Å². The van der Waals surface area contributed by atoms with Gasteiger partial charge in [0, 0.05) is 16.1 Å². The van der Waals surface area contributed by atoms with Crippen molar-refractivity contribution in [3.8, 4) is 17.2 Å². The number of aromatic hydroxyl groups is 1. The van der Waals surface area contributed by atoms with Crippen molar-refractivity contribution in [1.29, 1.82) is 0 Å². The van der Waals surface area contributed by atoms with Crippen LogP contribution in [-0.2, 0) is 12.8 Å². The molecule has 0 aromatic heterocycles. The standard InChI is InChI=1S/C25H22ClNO4/c1-30-23-13-21-19-11-16(28)8-10-17(19)22(25(27)29)12-20(21)18(24(23)31-2)9-5-14-3-6-15(26)7-4-14/h3-4,6-8,10-13,28H,5,9H2,1-2H3,(H2,27,29). The van der Waals surface area contributed by atoms with Crippen LogP contribution in [0.25, 0.3) is 21.5 Å². The monoisotopic (exact) mass is 435 g/mol. The lowest BCUT2D eigenvalue weighted by Crippen LogP contribution is -2.12. The molecule has 0 radical (unpaired) electrons. The molecule has 0 heterocycles. The second kappa shape index (κ2) is 8.36. The summed E-state index contributed by atoms with van der Waals surface area (Å²) in [5.74, 6) is 0.764. The second-order valence-corrected chi connectivity index (χ2v) is 7.77. The summed E-state index contributed by atoms with van der Waals surface area (Å²) in [6.07, 6.45) is 1.38. The SMILES string of the molecule is COc1cc2c(cc(C(N)=O)c3ccc(O)cc32)c(CCc2ccc(Cl)cc2)c1OC. The summed E-state index contributed by atoms with van der Waals surface area (Å²) < 4.78 is 11.3. The van der Waals surface area contributed by atoms with E-state index in [0.717, 1.165) is 33.7 Å². The number of hydrogen-bond donors (Lipinski definition) is 2. The van der Waals surface area contributed by atoms with Gasteiger partial charge in [-0.3, -0.25) is 4.79 Å². The molecule has 6 heteroatoms. The van der Waals surface area contributed by atoms with Crippen molar-refractivity contribution in [2.75, 3.05) is 14.2 Å². The lowest BCUT2D eigenvalue weighted by molar-refractivity contribution is 0.100. The number of aryl methyl sites for hydroxylation is 2. The van der Waals surface area contributed by atoms with E-state index >= 15 is 0 Å². The molecule has 0 aliphatic rings. The molecule has 158 valence electrons. The summed E-state index contributed by atoms with van der Waals surface area (Å²) in [5, 5.41) is 13.9. The molecule has 4 rings (SSSR count). The number of phenolic OH excluding ortho intramolecular Hbond substituents is 1. The van der Waals surface area contributed by atoms with E-state index in [1.165, 1.54) is 0 Å². The number of phenols is 1. The average Bonchev–Trinajstić information content (AvgIpc) is 2.77. The van der Waals surface area contributed by atoms with Crippen molar-refractivity contribution < 1.29 is 19.4 Å². The smallest absolute Gasteiger partial charge is 0.249 e. The highest BCUT2D eigenvalue weighted by Gasteiger charge is 2.20. The zero-order chi connectivity index (χ0) is 22.1. The van der Waals surface area contributed by atoms with Crippen molar-refractivity contribution in [2.45, 2.75) is 12.8 Å². The summed E-state index contributed by atoms with van der Waals surface area (Å²) in [6, 6.07) is 16.2. The molecule has 0 fully saturated rings. The number of carbonyl (C=O) groups is 1. The maximum atomic E-state index is 12.2. The normalized spacial score (nSPS) is 11.1. The van der Waals surface area contributed by atoms with E-state index < -0.39 is 5.91 Å². The molecule has 0 atom stereocenters. The number of carbonyl (C=O) groups excluding carboxylic acids is 1. The van der Waals surface area contributed by atoms with Crippen LogP contribution in [0.4, 0.5) is 0 Å². The minimum absolute atomic E-state index is 0.105. The highest BCUT2D eigenvalue weighted by atomic mass is 35.5. The third-order valence-corrected chi connectivity index (χ3v) is 5.78. The Morgan fingerprint density at radius 2 is 1.61 bits per heavy atom. The first-order valence-electron chi connectivity index (χ1n) is 9.80. The van der Waals surface area contributed by atoms with Crippen LogP contribution in [0.1, 0.15) is 21.5 Å². The van der Waals surface area contributed by atoms with Crippen LogP contribution >= 0.6 is 11.6 Å². The molecule has 0 spiro atoms. The molecule has 0 bridgehead atoms. The number of hydrogen-bond acceptors (Lipinski definition) is 4. The molecule has 4 aromatic rings. The molecule has 1 amide bonds. The Balaban J connectivity index is 2.00. The fourth-order valence-electron chi connectivity index (χ4n) is 4.06. The van der Waals surface area contributed by atoms with Crippen LogP contribution < -0.4 is 15.2 Å². The Bertz CT molecular complexity index is 1300. The summed E-state index contributed by atoms with van der Waals surface area (Å²) in [7, 11) is 3.18. The number of amides is 1. The summed E-state index contributed by atoms with van der Waals surface area (Å²) in [6.45, 7) is 0. The van der Waals surface area contributed by atoms with Gasteiger partial charge in [0.15, 0.2) is 11.5 Å². The van der Waals surface area contributed by atoms with E-state index in [1.807, 2.05) is 30.3 Å². The first-order chi connectivity index (χ1) is 14.9. The predicted molar refractivity (Wildman–Crippen MR) is 124 cm³/mol. The maximum absolute atomic E-state index is 12.2. The van der Waals surface area contributed by atoms with Gasteiger partial charge in [0.2, 0.25) is 5.91 Å². The van der Waals surface area contributed by atoms with Gasteiger partial charge in [-0.25, -0.2) is 0 Å². The fraction of sp³-hybridized carbons (Fsp3) is 0.160. The van der Waals surface area contributed by atoms with Crippen molar-refractivity contribution in [3.05, 3.63) is 76.3 Å². The van der Waals surface area contributed by atoms with Gasteiger partial charge in [0.25, 0.3) is 0 Å². The number of methoxy groups -OCH3 is 2. The molecular formula is C25H22ClNO4. The summed E-state index contributed by atoms with van der Waals surface area (Å²) in [5.41, 5.74) is 8.11. The Morgan fingerprint density at radius 1 is 0.903 bits per heavy atom. The van der Waals surface area contributed by atoms with Crippen LogP contribution in [0.2, 0.25) is 5.02 Å². The molecule has 3 N–H and O–H groups in total. The Hall–Kier alpha value is -3.44. The minimum atomic E-state index is -0.531. The molecule has 0 unspecified atom stereocenters. The third kappa shape index (κ3) is 3.84. The Morgan fingerprint density at radius 3 is 2.26 bits per heavy atom. The Kier molecular flexibility index (Phi) is 5.61. The van der Waals surface area contributed by atoms with Crippen molar-refractivity contribution in [3.63, 3.8) is 0 Å². The van der Waals surface area contributed by atoms with Gasteiger partial charge in [0.05, 0.1) is 14.2 Å². The quantitative estimate of drug-likeness (QED) is 0.405. The molecule has 31 heavy (non-hydrogen) atoms. The number of halogens is 1. The number of ether oxygens (including phenoxy) is 2. The van der Waals surface area contributed by atoms with Gasteiger partial charge in [0.1, 0.15) is 5.75 Å². The molecule has 0 aliphatic carbocycles. The minimum Gasteiger partial charge on any atom is -0.508 e. The van der Waals surface area contributed by atoms with E-state index in [1.54, 1.807) is 38.5 Å². The number of nitrogens with two attached hydrogens (primary N) is 1. The zero-order valence-corrected chi connectivity index (χ0v) is 18.0. The maximum Gasteiger partial charge on any atom is 0.249 e. The largest absolute Gasteiger partial charge is 0.508 e. The number of benzene rings is 4. The molecule has 0 saturated heterocycles. The first-order valence-corrected chi connectivity index (χ1v) is 10.2. The lowest BCUT2D eigenvalue weighted by Gasteiger charge is -2.18. The van der Waals surface area contributed by atoms with E-state index in [9.17, 15) is 9.90 Å². The van der Waals surface area contributed by atoms with Crippen LogP contribution in [-0.4, -0.2) is 25.2 Å². The predicted octanol–water partition coefficient (Wildman–Crippen LogP) is 5.25. The van der Waals surface area contributed by atoms with Crippen LogP contribution in [0.15, 0.2) is 54.6 Å². The van der Waals surface area contributed by atoms with Gasteiger partial charge in [-0.05, 0) is 82.4 Å². The molecular weight excluding hydrogens is 414 g/mol. The van der Waals surface area contributed by atoms with E-state index in [2.05, 4.69) is 0 Å². The number of rotatable bonds is 6. The summed E-state index contributed by atoms with van der Waals surface area (Å²) >= 11 is 6.01. The second-order valence-electron chi connectivity index (χ2n) is 7.33. The van der Waals surface area contributed by atoms with Crippen molar-refractivity contribution in [1.82, 2.24) is 0 Å². The molecule has 0 saturated carbocycles. The van der Waals surface area contributed by atoms with Crippen LogP contribution in [0, 0.1) is 0 Å². The van der Waals surface area contributed by atoms with E-state index in [4.69, 9.17) is 26.8 Å². The number of primary amides is 1. The van der Waals surface area contributed by atoms with E-state index in [-0.39, 0.29) is 5.75 Å². The Labute approximate surface area is 185 Å². The lowest BCUT2D eigenvalue weighted by atomic mass is 9.91. The first kappa shape index (κ1) is 20.8. The van der Waals surface area contributed by atoms with Gasteiger partial charge < -0.3 is 20.3 Å². The summed E-state index contributed by atoms with van der Waals surface area (Å²) in [4.78, 5) is 12.2. The highest BCUT2D eigenvalue weighted by Crippen LogP contribution is 2.42. The fourth-order valence-corrected chi connectivity index (χ4v) is 4.18. The van der Waals surface area contributed by atoms with Crippen LogP contribution in [0.5, 0.6) is 17.2 Å². The van der Waals surface area contributed by atoms with Crippen molar-refractivity contribution in [2.24, 2.45) is 5.73 Å². The van der Waals surface area contributed by atoms with Crippen LogP contribution in [0.3, 0.4) is 0 Å². The van der Waals surface area contributed by atoms with Gasteiger partial charge in [-0.15, -0.1) is 0 Å². The van der Waals surface area contributed by atoms with Gasteiger partial charge >= 0.3 is 0 Å². The van der Waals surface area contributed by atoms with E-state index in [0.29, 0.717) is 33.9 Å². The molecule has 5 nitrogen and oxygen atoms in total. The number of fused-ring (bicyclic) bond motifs is 3. The average molecular weight is 436 g/mol. The molecule has 0 aliphatic heterocycles. The topological polar surface area (TPSA) is 81.8 Å².